The number of amides is 1. The van der Waals surface area contributed by atoms with Crippen molar-refractivity contribution < 1.29 is 19.4 Å². The zero-order valence-electron chi connectivity index (χ0n) is 16.7. The maximum absolute atomic E-state index is 12.8. The van der Waals surface area contributed by atoms with Crippen LogP contribution in [0.1, 0.15) is 49.1 Å². The minimum Gasteiger partial charge on any atom is -0.480 e. The highest BCUT2D eigenvalue weighted by Gasteiger charge is 2.36. The summed E-state index contributed by atoms with van der Waals surface area (Å²) in [5, 5.41) is 9.74. The predicted molar refractivity (Wildman–Crippen MR) is 111 cm³/mol. The summed E-state index contributed by atoms with van der Waals surface area (Å²) < 4.78 is 5.65. The van der Waals surface area contributed by atoms with E-state index in [0.29, 0.717) is 0 Å². The zero-order valence-corrected chi connectivity index (χ0v) is 16.7. The van der Waals surface area contributed by atoms with Crippen LogP contribution < -0.4 is 0 Å². The normalized spacial score (nSPS) is 17.3. The standard InChI is InChI=1S/C24H27NO4/c1-25(22(23(26)27)16-9-3-2-4-10-16)24(28)29-15-21-19-13-7-5-11-17(19)18-12-6-8-14-20(18)21/h5-8,11-14,16,21-22H,2-4,9-10,15H2,1H3,(H,26,27). The molecule has 1 amide bonds. The largest absolute Gasteiger partial charge is 0.480 e. The lowest BCUT2D eigenvalue weighted by Gasteiger charge is -2.33. The van der Waals surface area contributed by atoms with Gasteiger partial charge in [-0.15, -0.1) is 0 Å². The monoisotopic (exact) mass is 393 g/mol. The van der Waals surface area contributed by atoms with Crippen LogP contribution in [0, 0.1) is 5.92 Å². The van der Waals surface area contributed by atoms with Gasteiger partial charge in [-0.05, 0) is 41.0 Å². The third-order valence-electron chi connectivity index (χ3n) is 6.39. The van der Waals surface area contributed by atoms with E-state index in [9.17, 15) is 14.7 Å². The van der Waals surface area contributed by atoms with Crippen molar-refractivity contribution in [2.24, 2.45) is 5.92 Å². The first kappa shape index (κ1) is 19.5. The Bertz CT molecular complexity index is 858. The van der Waals surface area contributed by atoms with Crippen LogP contribution in [0.4, 0.5) is 4.79 Å². The molecule has 0 aliphatic heterocycles. The molecule has 2 aromatic rings. The van der Waals surface area contributed by atoms with Gasteiger partial charge in [0.05, 0.1) is 0 Å². The van der Waals surface area contributed by atoms with Crippen molar-refractivity contribution in [2.45, 2.75) is 44.1 Å². The third kappa shape index (κ3) is 3.74. The fourth-order valence-corrected chi connectivity index (χ4v) is 4.94. The first-order valence-corrected chi connectivity index (χ1v) is 10.4. The molecule has 0 aromatic heterocycles. The number of aliphatic carboxylic acids is 1. The van der Waals surface area contributed by atoms with Crippen LogP contribution >= 0.6 is 0 Å². The first-order chi connectivity index (χ1) is 14.1. The summed E-state index contributed by atoms with van der Waals surface area (Å²) in [6, 6.07) is 15.5. The molecule has 4 rings (SSSR count). The highest BCUT2D eigenvalue weighted by Crippen LogP contribution is 2.44. The van der Waals surface area contributed by atoms with E-state index in [4.69, 9.17) is 4.74 Å². The Kier molecular flexibility index (Phi) is 5.56. The number of carbonyl (C=O) groups is 2. The Labute approximate surface area is 171 Å². The number of benzene rings is 2. The molecule has 2 aliphatic carbocycles. The molecule has 0 saturated heterocycles. The molecule has 5 heteroatoms. The molecule has 1 atom stereocenters. The zero-order chi connectivity index (χ0) is 20.4. The number of rotatable bonds is 5. The van der Waals surface area contributed by atoms with E-state index in [0.717, 1.165) is 43.2 Å². The molecule has 29 heavy (non-hydrogen) atoms. The number of hydrogen-bond acceptors (Lipinski definition) is 3. The molecule has 1 fully saturated rings. The van der Waals surface area contributed by atoms with E-state index >= 15 is 0 Å². The van der Waals surface area contributed by atoms with Crippen LogP contribution in [0.2, 0.25) is 0 Å². The van der Waals surface area contributed by atoms with Crippen LogP contribution in [-0.4, -0.2) is 41.8 Å². The molecule has 1 unspecified atom stereocenters. The highest BCUT2D eigenvalue weighted by atomic mass is 16.6. The van der Waals surface area contributed by atoms with E-state index in [2.05, 4.69) is 24.3 Å². The van der Waals surface area contributed by atoms with E-state index in [1.54, 1.807) is 7.05 Å². The van der Waals surface area contributed by atoms with E-state index in [-0.39, 0.29) is 18.4 Å². The first-order valence-electron chi connectivity index (χ1n) is 10.4. The second-order valence-corrected chi connectivity index (χ2v) is 8.10. The summed E-state index contributed by atoms with van der Waals surface area (Å²) in [5.74, 6) is -0.989. The number of nitrogens with zero attached hydrogens (tertiary/aromatic N) is 1. The molecule has 0 bridgehead atoms. The average molecular weight is 393 g/mol. The summed E-state index contributed by atoms with van der Waals surface area (Å²) in [6.45, 7) is 0.203. The van der Waals surface area contributed by atoms with Gasteiger partial charge in [-0.3, -0.25) is 4.90 Å². The SMILES string of the molecule is CN(C(=O)OCC1c2ccccc2-c2ccccc21)C(C(=O)O)C1CCCCC1. The van der Waals surface area contributed by atoms with Crippen LogP contribution in [0.5, 0.6) is 0 Å². The molecule has 0 radical (unpaired) electrons. The lowest BCUT2D eigenvalue weighted by Crippen LogP contribution is -2.48. The van der Waals surface area contributed by atoms with Crippen LogP contribution in [0.25, 0.3) is 11.1 Å². The molecular weight excluding hydrogens is 366 g/mol. The van der Waals surface area contributed by atoms with Crippen molar-refractivity contribution in [3.05, 3.63) is 59.7 Å². The average Bonchev–Trinajstić information content (AvgIpc) is 3.06. The number of carboxylic acids is 1. The smallest absolute Gasteiger partial charge is 0.410 e. The van der Waals surface area contributed by atoms with E-state index in [1.807, 2.05) is 24.3 Å². The van der Waals surface area contributed by atoms with Gasteiger partial charge in [0.15, 0.2) is 0 Å². The molecule has 2 aliphatic rings. The Balaban J connectivity index is 1.48. The van der Waals surface area contributed by atoms with Crippen LogP contribution in [-0.2, 0) is 9.53 Å². The lowest BCUT2D eigenvalue weighted by molar-refractivity contribution is -0.144. The number of carbonyl (C=O) groups excluding carboxylic acids is 1. The van der Waals surface area contributed by atoms with Gasteiger partial charge in [0.25, 0.3) is 0 Å². The van der Waals surface area contributed by atoms with E-state index < -0.39 is 18.1 Å². The molecule has 5 nitrogen and oxygen atoms in total. The Morgan fingerprint density at radius 1 is 1.00 bits per heavy atom. The third-order valence-corrected chi connectivity index (χ3v) is 6.39. The van der Waals surface area contributed by atoms with Crippen LogP contribution in [0.3, 0.4) is 0 Å². The van der Waals surface area contributed by atoms with Crippen molar-refractivity contribution in [1.82, 2.24) is 4.90 Å². The second kappa shape index (κ2) is 8.27. The summed E-state index contributed by atoms with van der Waals surface area (Å²) in [5.41, 5.74) is 4.63. The van der Waals surface area contributed by atoms with Gasteiger partial charge in [-0.25, -0.2) is 9.59 Å². The number of ether oxygens (including phenoxy) is 1. The molecule has 0 heterocycles. The van der Waals surface area contributed by atoms with Gasteiger partial charge in [0.1, 0.15) is 12.6 Å². The number of hydrogen-bond donors (Lipinski definition) is 1. The van der Waals surface area contributed by atoms with Gasteiger partial charge >= 0.3 is 12.1 Å². The van der Waals surface area contributed by atoms with Crippen molar-refractivity contribution in [3.63, 3.8) is 0 Å². The molecule has 2 aromatic carbocycles. The molecule has 0 spiro atoms. The van der Waals surface area contributed by atoms with Crippen molar-refractivity contribution in [1.29, 1.82) is 0 Å². The Hall–Kier alpha value is -2.82. The Morgan fingerprint density at radius 2 is 1.55 bits per heavy atom. The van der Waals surface area contributed by atoms with Gasteiger partial charge < -0.3 is 9.84 Å². The maximum Gasteiger partial charge on any atom is 0.410 e. The van der Waals surface area contributed by atoms with Gasteiger partial charge in [-0.2, -0.15) is 0 Å². The lowest BCUT2D eigenvalue weighted by atomic mass is 9.83. The predicted octanol–water partition coefficient (Wildman–Crippen LogP) is 4.90. The number of fused-ring (bicyclic) bond motifs is 3. The highest BCUT2D eigenvalue weighted by molar-refractivity contribution is 5.81. The van der Waals surface area contributed by atoms with Gasteiger partial charge in [0, 0.05) is 13.0 Å². The number of likely N-dealkylation sites (N-methyl/N-ethyl adjacent to an activating group) is 1. The van der Waals surface area contributed by atoms with Crippen molar-refractivity contribution in [3.8, 4) is 11.1 Å². The minimum absolute atomic E-state index is 0.00766. The van der Waals surface area contributed by atoms with Gasteiger partial charge in [-0.1, -0.05) is 67.8 Å². The van der Waals surface area contributed by atoms with Crippen molar-refractivity contribution in [2.75, 3.05) is 13.7 Å². The summed E-state index contributed by atoms with van der Waals surface area (Å²) in [4.78, 5) is 25.9. The fourth-order valence-electron chi connectivity index (χ4n) is 4.94. The molecule has 1 saturated carbocycles. The Morgan fingerprint density at radius 3 is 2.10 bits per heavy atom. The number of carboxylic acid groups (broad SMARTS) is 1. The topological polar surface area (TPSA) is 66.8 Å². The fraction of sp³-hybridized carbons (Fsp3) is 0.417. The van der Waals surface area contributed by atoms with Gasteiger partial charge in [0.2, 0.25) is 0 Å². The second-order valence-electron chi connectivity index (χ2n) is 8.10. The van der Waals surface area contributed by atoms with E-state index in [1.165, 1.54) is 16.0 Å². The summed E-state index contributed by atoms with van der Waals surface area (Å²) in [6.07, 6.45) is 4.30. The van der Waals surface area contributed by atoms with Crippen LogP contribution in [0.15, 0.2) is 48.5 Å². The molecule has 1 N–H and O–H groups in total. The maximum atomic E-state index is 12.8. The molecular formula is C24H27NO4. The quantitative estimate of drug-likeness (QED) is 0.784. The summed E-state index contributed by atoms with van der Waals surface area (Å²) >= 11 is 0. The minimum atomic E-state index is -0.951. The van der Waals surface area contributed by atoms with Crippen molar-refractivity contribution >= 4 is 12.1 Å². The molecule has 152 valence electrons. The summed E-state index contributed by atoms with van der Waals surface area (Å²) in [7, 11) is 1.55.